The Hall–Kier alpha value is -1.62. The molecule has 1 N–H and O–H groups in total. The van der Waals surface area contributed by atoms with E-state index in [-0.39, 0.29) is 0 Å². The molecular weight excluding hydrogens is 218 g/mol. The maximum Gasteiger partial charge on any atom is 0.319 e. The number of methoxy groups -OCH3 is 2. The van der Waals surface area contributed by atoms with Crippen molar-refractivity contribution in [3.8, 4) is 11.9 Å². The molecule has 0 aromatic carbocycles. The van der Waals surface area contributed by atoms with Crippen molar-refractivity contribution in [3.63, 3.8) is 0 Å². The molecule has 0 aliphatic heterocycles. The Kier molecular flexibility index (Phi) is 5.42. The molecule has 0 aliphatic rings. The summed E-state index contributed by atoms with van der Waals surface area (Å²) in [5.74, 6) is 0.519. The number of aromatic nitrogens is 2. The van der Waals surface area contributed by atoms with Gasteiger partial charge in [0.05, 0.1) is 19.8 Å². The van der Waals surface area contributed by atoms with Crippen LogP contribution in [0.5, 0.6) is 11.9 Å². The van der Waals surface area contributed by atoms with Crippen molar-refractivity contribution in [2.75, 3.05) is 21.3 Å². The maximum absolute atomic E-state index is 5.17. The Morgan fingerprint density at radius 3 is 2.76 bits per heavy atom. The molecule has 0 unspecified atom stereocenters. The molecule has 1 atom stereocenters. The first-order valence-electron chi connectivity index (χ1n) is 5.50. The SMILES string of the molecule is CN[C@@H](C)C/C=C/c1cnc(OC)nc1OC. The summed E-state index contributed by atoms with van der Waals surface area (Å²) >= 11 is 0. The van der Waals surface area contributed by atoms with Crippen molar-refractivity contribution < 1.29 is 9.47 Å². The fourth-order valence-electron chi connectivity index (χ4n) is 1.25. The van der Waals surface area contributed by atoms with E-state index in [0.29, 0.717) is 17.9 Å². The molecule has 0 bridgehead atoms. The summed E-state index contributed by atoms with van der Waals surface area (Å²) in [6, 6.07) is 0.749. The van der Waals surface area contributed by atoms with Crippen molar-refractivity contribution in [2.45, 2.75) is 19.4 Å². The number of rotatable bonds is 6. The van der Waals surface area contributed by atoms with E-state index in [9.17, 15) is 0 Å². The zero-order valence-corrected chi connectivity index (χ0v) is 10.7. The van der Waals surface area contributed by atoms with Crippen LogP contribution >= 0.6 is 0 Å². The number of nitrogens with zero attached hydrogens (tertiary/aromatic N) is 2. The third-order valence-corrected chi connectivity index (χ3v) is 2.41. The summed E-state index contributed by atoms with van der Waals surface area (Å²) in [7, 11) is 5.05. The van der Waals surface area contributed by atoms with Crippen molar-refractivity contribution in [1.29, 1.82) is 0 Å². The minimum Gasteiger partial charge on any atom is -0.480 e. The highest BCUT2D eigenvalue weighted by molar-refractivity contribution is 5.53. The molecule has 1 heterocycles. The first-order valence-corrected chi connectivity index (χ1v) is 5.50. The lowest BCUT2D eigenvalue weighted by Gasteiger charge is -2.06. The van der Waals surface area contributed by atoms with Crippen LogP contribution in [0.3, 0.4) is 0 Å². The summed E-state index contributed by atoms with van der Waals surface area (Å²) in [6.45, 7) is 2.12. The van der Waals surface area contributed by atoms with Crippen molar-refractivity contribution in [3.05, 3.63) is 17.8 Å². The van der Waals surface area contributed by atoms with Crippen molar-refractivity contribution in [1.82, 2.24) is 15.3 Å². The van der Waals surface area contributed by atoms with Crippen LogP contribution in [0.25, 0.3) is 6.08 Å². The van der Waals surface area contributed by atoms with E-state index in [0.717, 1.165) is 12.0 Å². The molecule has 0 amide bonds. The van der Waals surface area contributed by atoms with Crippen molar-refractivity contribution >= 4 is 6.08 Å². The topological polar surface area (TPSA) is 56.3 Å². The van der Waals surface area contributed by atoms with Crippen LogP contribution in [-0.4, -0.2) is 37.3 Å². The molecule has 1 aromatic rings. The van der Waals surface area contributed by atoms with Gasteiger partial charge in [-0.1, -0.05) is 12.2 Å². The van der Waals surface area contributed by atoms with Gasteiger partial charge in [0.1, 0.15) is 0 Å². The van der Waals surface area contributed by atoms with Gasteiger partial charge in [-0.15, -0.1) is 0 Å². The van der Waals surface area contributed by atoms with Gasteiger partial charge in [0.25, 0.3) is 0 Å². The smallest absolute Gasteiger partial charge is 0.319 e. The number of hydrogen-bond donors (Lipinski definition) is 1. The highest BCUT2D eigenvalue weighted by Crippen LogP contribution is 2.18. The monoisotopic (exact) mass is 237 g/mol. The molecular formula is C12H19N3O2. The molecule has 0 saturated heterocycles. The van der Waals surface area contributed by atoms with E-state index >= 15 is 0 Å². The predicted octanol–water partition coefficient (Wildman–Crippen LogP) is 1.50. The van der Waals surface area contributed by atoms with Gasteiger partial charge in [-0.25, -0.2) is 4.98 Å². The Morgan fingerprint density at radius 1 is 1.41 bits per heavy atom. The molecule has 1 rings (SSSR count). The second-order valence-corrected chi connectivity index (χ2v) is 3.65. The van der Waals surface area contributed by atoms with E-state index in [2.05, 4.69) is 28.3 Å². The molecule has 17 heavy (non-hydrogen) atoms. The van der Waals surface area contributed by atoms with Crippen molar-refractivity contribution in [2.24, 2.45) is 0 Å². The Balaban J connectivity index is 2.76. The lowest BCUT2D eigenvalue weighted by molar-refractivity contribution is 0.351. The van der Waals surface area contributed by atoms with Crippen LogP contribution in [-0.2, 0) is 0 Å². The zero-order chi connectivity index (χ0) is 12.7. The summed E-state index contributed by atoms with van der Waals surface area (Å²) in [6.07, 6.45) is 6.64. The third kappa shape index (κ3) is 4.03. The van der Waals surface area contributed by atoms with Crippen LogP contribution in [0.4, 0.5) is 0 Å². The molecule has 5 nitrogen and oxygen atoms in total. The molecule has 0 aliphatic carbocycles. The van der Waals surface area contributed by atoms with Gasteiger partial charge in [0.2, 0.25) is 5.88 Å². The Labute approximate surface area is 102 Å². The molecule has 0 radical (unpaired) electrons. The standard InChI is InChI=1S/C12H19N3O2/c1-9(13-2)6-5-7-10-8-14-12(17-4)15-11(10)16-3/h5,7-9,13H,6H2,1-4H3/b7-5+/t9-/m0/s1. The normalized spacial score (nSPS) is 12.7. The van der Waals surface area contributed by atoms with E-state index in [4.69, 9.17) is 9.47 Å². The van der Waals surface area contributed by atoms with Crippen LogP contribution in [0.2, 0.25) is 0 Å². The molecule has 94 valence electrons. The summed E-state index contributed by atoms with van der Waals surface area (Å²) in [4.78, 5) is 8.15. The van der Waals surface area contributed by atoms with E-state index in [1.54, 1.807) is 13.3 Å². The summed E-state index contributed by atoms with van der Waals surface area (Å²) < 4.78 is 10.1. The molecule has 0 fully saturated rings. The second-order valence-electron chi connectivity index (χ2n) is 3.65. The largest absolute Gasteiger partial charge is 0.480 e. The van der Waals surface area contributed by atoms with Crippen LogP contribution in [0.15, 0.2) is 12.3 Å². The number of hydrogen-bond acceptors (Lipinski definition) is 5. The van der Waals surface area contributed by atoms with E-state index in [1.807, 2.05) is 13.1 Å². The first-order chi connectivity index (χ1) is 8.21. The molecule has 0 spiro atoms. The quantitative estimate of drug-likeness (QED) is 0.812. The first kappa shape index (κ1) is 13.4. The second kappa shape index (κ2) is 6.85. The lowest BCUT2D eigenvalue weighted by Crippen LogP contribution is -2.19. The lowest BCUT2D eigenvalue weighted by atomic mass is 10.2. The highest BCUT2D eigenvalue weighted by atomic mass is 16.5. The average molecular weight is 237 g/mol. The fourth-order valence-corrected chi connectivity index (χ4v) is 1.25. The predicted molar refractivity (Wildman–Crippen MR) is 67.3 cm³/mol. The Bertz CT molecular complexity index is 380. The summed E-state index contributed by atoms with van der Waals surface area (Å²) in [5, 5.41) is 3.16. The number of ether oxygens (including phenoxy) is 2. The minimum atomic E-state index is 0.308. The molecule has 5 heteroatoms. The van der Waals surface area contributed by atoms with Gasteiger partial charge in [0.15, 0.2) is 0 Å². The zero-order valence-electron chi connectivity index (χ0n) is 10.7. The number of nitrogens with one attached hydrogen (secondary N) is 1. The molecule has 0 saturated carbocycles. The van der Waals surface area contributed by atoms with Crippen LogP contribution in [0.1, 0.15) is 18.9 Å². The third-order valence-electron chi connectivity index (χ3n) is 2.41. The van der Waals surface area contributed by atoms with Gasteiger partial charge in [0, 0.05) is 12.2 Å². The van der Waals surface area contributed by atoms with E-state index in [1.165, 1.54) is 7.11 Å². The van der Waals surface area contributed by atoms with E-state index < -0.39 is 0 Å². The van der Waals surface area contributed by atoms with Gasteiger partial charge in [-0.3, -0.25) is 0 Å². The van der Waals surface area contributed by atoms with Gasteiger partial charge >= 0.3 is 6.01 Å². The highest BCUT2D eigenvalue weighted by Gasteiger charge is 2.05. The Morgan fingerprint density at radius 2 is 2.18 bits per heavy atom. The average Bonchev–Trinajstić information content (AvgIpc) is 2.38. The van der Waals surface area contributed by atoms with Gasteiger partial charge < -0.3 is 14.8 Å². The van der Waals surface area contributed by atoms with Crippen LogP contribution < -0.4 is 14.8 Å². The van der Waals surface area contributed by atoms with Gasteiger partial charge in [-0.2, -0.15) is 4.98 Å². The summed E-state index contributed by atoms with van der Waals surface area (Å²) in [5.41, 5.74) is 0.844. The molecule has 1 aromatic heterocycles. The maximum atomic E-state index is 5.17. The fraction of sp³-hybridized carbons (Fsp3) is 0.500. The minimum absolute atomic E-state index is 0.308. The van der Waals surface area contributed by atoms with Gasteiger partial charge in [-0.05, 0) is 20.4 Å². The van der Waals surface area contributed by atoms with Crippen LogP contribution in [0, 0.1) is 0 Å².